The normalized spacial score (nSPS) is 48.2. The van der Waals surface area contributed by atoms with Gasteiger partial charge in [0.1, 0.15) is 0 Å². The van der Waals surface area contributed by atoms with Crippen molar-refractivity contribution in [2.45, 2.75) is 46.1 Å². The minimum absolute atomic E-state index is 0.478. The monoisotopic (exact) mass is 209 g/mol. The first kappa shape index (κ1) is 10.1. The van der Waals surface area contributed by atoms with Crippen molar-refractivity contribution >= 4 is 0 Å². The first-order valence-electron chi connectivity index (χ1n) is 6.44. The lowest BCUT2D eigenvalue weighted by atomic mass is 9.67. The second kappa shape index (κ2) is 2.98. The predicted octanol–water partition coefficient (Wildman–Crippen LogP) is 2.49. The fraction of sp³-hybridized carbons (Fsp3) is 1.00. The Balaban J connectivity index is 1.94. The molecule has 86 valence electrons. The van der Waals surface area contributed by atoms with Gasteiger partial charge in [0.15, 0.2) is 0 Å². The highest BCUT2D eigenvalue weighted by atomic mass is 16.5. The summed E-state index contributed by atoms with van der Waals surface area (Å²) in [5.74, 6) is 0.916. The molecule has 1 aliphatic heterocycles. The minimum atomic E-state index is 0.478. The van der Waals surface area contributed by atoms with Crippen LogP contribution in [0, 0.1) is 16.7 Å². The Morgan fingerprint density at radius 2 is 2.20 bits per heavy atom. The van der Waals surface area contributed by atoms with Crippen LogP contribution in [0.15, 0.2) is 0 Å². The maximum absolute atomic E-state index is 6.09. The Hall–Kier alpha value is -0.0800. The van der Waals surface area contributed by atoms with Gasteiger partial charge in [-0.2, -0.15) is 0 Å². The van der Waals surface area contributed by atoms with Crippen molar-refractivity contribution in [2.75, 3.05) is 19.8 Å². The van der Waals surface area contributed by atoms with Crippen molar-refractivity contribution in [3.8, 4) is 0 Å². The highest BCUT2D eigenvalue weighted by molar-refractivity contribution is 5.15. The summed E-state index contributed by atoms with van der Waals surface area (Å²) in [5, 5.41) is 0. The van der Waals surface area contributed by atoms with Gasteiger partial charge in [-0.05, 0) is 37.1 Å². The number of fused-ring (bicyclic) bond motifs is 1. The Labute approximate surface area is 93.0 Å². The van der Waals surface area contributed by atoms with E-state index in [1.807, 2.05) is 0 Å². The van der Waals surface area contributed by atoms with E-state index in [1.54, 1.807) is 0 Å². The molecule has 1 spiro atoms. The van der Waals surface area contributed by atoms with Crippen molar-refractivity contribution in [3.63, 3.8) is 0 Å². The average Bonchev–Trinajstić information content (AvgIpc) is 2.60. The molecule has 0 aromatic carbocycles. The number of nitrogens with zero attached hydrogens (tertiary/aromatic N) is 1. The van der Waals surface area contributed by atoms with Crippen LogP contribution < -0.4 is 0 Å². The van der Waals surface area contributed by atoms with Gasteiger partial charge in [0.05, 0.1) is 12.8 Å². The first-order chi connectivity index (χ1) is 7.10. The zero-order chi connectivity index (χ0) is 10.7. The second-order valence-corrected chi connectivity index (χ2v) is 6.28. The summed E-state index contributed by atoms with van der Waals surface area (Å²) in [5.41, 5.74) is 0.984. The third kappa shape index (κ3) is 1.07. The maximum atomic E-state index is 6.09. The fourth-order valence-corrected chi connectivity index (χ4v) is 4.45. The largest absolute Gasteiger partial charge is 0.362 e. The lowest BCUT2D eigenvalue weighted by Crippen LogP contribution is -2.54. The zero-order valence-corrected chi connectivity index (χ0v) is 10.3. The summed E-state index contributed by atoms with van der Waals surface area (Å²) in [6.07, 6.45) is 4.72. The summed E-state index contributed by atoms with van der Waals surface area (Å²) >= 11 is 0. The molecule has 15 heavy (non-hydrogen) atoms. The molecule has 2 heteroatoms. The molecule has 3 aliphatic rings. The SMILES string of the molecule is CCN1CO[C@@H]2C[C@H]3CC[C@]2(C1)C3(C)C. The molecule has 2 saturated carbocycles. The van der Waals surface area contributed by atoms with Gasteiger partial charge < -0.3 is 4.74 Å². The van der Waals surface area contributed by atoms with Gasteiger partial charge >= 0.3 is 0 Å². The molecule has 0 aromatic heterocycles. The van der Waals surface area contributed by atoms with Crippen molar-refractivity contribution in [1.82, 2.24) is 4.90 Å². The van der Waals surface area contributed by atoms with Gasteiger partial charge in [-0.3, -0.25) is 4.90 Å². The summed E-state index contributed by atoms with van der Waals surface area (Å²) in [7, 11) is 0. The van der Waals surface area contributed by atoms with E-state index in [9.17, 15) is 0 Å². The number of rotatable bonds is 1. The lowest BCUT2D eigenvalue weighted by Gasteiger charge is -2.49. The van der Waals surface area contributed by atoms with Gasteiger partial charge in [-0.15, -0.1) is 0 Å². The highest BCUT2D eigenvalue weighted by Crippen LogP contribution is 2.67. The number of hydrogen-bond acceptors (Lipinski definition) is 2. The average molecular weight is 209 g/mol. The van der Waals surface area contributed by atoms with Gasteiger partial charge in [0, 0.05) is 12.0 Å². The van der Waals surface area contributed by atoms with E-state index in [0.29, 0.717) is 16.9 Å². The molecule has 0 N–H and O–H groups in total. The quantitative estimate of drug-likeness (QED) is 0.658. The smallest absolute Gasteiger partial charge is 0.0994 e. The Morgan fingerprint density at radius 1 is 1.40 bits per heavy atom. The topological polar surface area (TPSA) is 12.5 Å². The van der Waals surface area contributed by atoms with Gasteiger partial charge in [-0.1, -0.05) is 20.8 Å². The summed E-state index contributed by atoms with van der Waals surface area (Å²) in [6, 6.07) is 0. The summed E-state index contributed by atoms with van der Waals surface area (Å²) in [4.78, 5) is 2.48. The van der Waals surface area contributed by atoms with Crippen LogP contribution in [-0.4, -0.2) is 30.8 Å². The van der Waals surface area contributed by atoms with Gasteiger partial charge in [0.25, 0.3) is 0 Å². The highest BCUT2D eigenvalue weighted by Gasteiger charge is 2.65. The fourth-order valence-electron chi connectivity index (χ4n) is 4.45. The van der Waals surface area contributed by atoms with Crippen molar-refractivity contribution < 1.29 is 4.74 Å². The van der Waals surface area contributed by atoms with Crippen molar-refractivity contribution in [3.05, 3.63) is 0 Å². The second-order valence-electron chi connectivity index (χ2n) is 6.28. The minimum Gasteiger partial charge on any atom is -0.362 e. The van der Waals surface area contributed by atoms with Crippen LogP contribution in [0.2, 0.25) is 0 Å². The van der Waals surface area contributed by atoms with Gasteiger partial charge in [0.2, 0.25) is 0 Å². The standard InChI is InChI=1S/C13H23NO/c1-4-14-8-13-6-5-10(12(13,2)3)7-11(13)15-9-14/h10-11H,4-9H2,1-3H3/t10-,11-,13-/m1/s1. The molecule has 2 aliphatic carbocycles. The molecule has 0 aromatic rings. The van der Waals surface area contributed by atoms with E-state index in [0.717, 1.165) is 19.2 Å². The van der Waals surface area contributed by atoms with Crippen LogP contribution in [-0.2, 0) is 4.74 Å². The molecule has 3 atom stereocenters. The molecular weight excluding hydrogens is 186 g/mol. The van der Waals surface area contributed by atoms with Crippen molar-refractivity contribution in [1.29, 1.82) is 0 Å². The Bertz CT molecular complexity index is 276. The number of ether oxygens (including phenoxy) is 1. The predicted molar refractivity (Wildman–Crippen MR) is 60.5 cm³/mol. The number of hydrogen-bond donors (Lipinski definition) is 0. The molecule has 3 rings (SSSR count). The van der Waals surface area contributed by atoms with E-state index in [4.69, 9.17) is 4.74 Å². The van der Waals surface area contributed by atoms with Crippen LogP contribution in [0.5, 0.6) is 0 Å². The zero-order valence-electron chi connectivity index (χ0n) is 10.3. The molecule has 0 amide bonds. The molecule has 3 fully saturated rings. The molecule has 1 saturated heterocycles. The first-order valence-corrected chi connectivity index (χ1v) is 6.44. The van der Waals surface area contributed by atoms with Crippen LogP contribution in [0.3, 0.4) is 0 Å². The van der Waals surface area contributed by atoms with E-state index in [2.05, 4.69) is 25.7 Å². The molecule has 0 unspecified atom stereocenters. The third-order valence-corrected chi connectivity index (χ3v) is 5.77. The van der Waals surface area contributed by atoms with Crippen LogP contribution >= 0.6 is 0 Å². The maximum Gasteiger partial charge on any atom is 0.0994 e. The summed E-state index contributed by atoms with van der Waals surface area (Å²) < 4.78 is 6.09. The molecular formula is C13H23NO. The van der Waals surface area contributed by atoms with Crippen LogP contribution in [0.4, 0.5) is 0 Å². The van der Waals surface area contributed by atoms with E-state index >= 15 is 0 Å². The van der Waals surface area contributed by atoms with E-state index < -0.39 is 0 Å². The van der Waals surface area contributed by atoms with E-state index in [1.165, 1.54) is 25.8 Å². The van der Waals surface area contributed by atoms with E-state index in [-0.39, 0.29) is 0 Å². The molecule has 2 bridgehead atoms. The van der Waals surface area contributed by atoms with Crippen LogP contribution in [0.1, 0.15) is 40.0 Å². The molecule has 0 radical (unpaired) electrons. The van der Waals surface area contributed by atoms with Gasteiger partial charge in [-0.25, -0.2) is 0 Å². The summed E-state index contributed by atoms with van der Waals surface area (Å²) in [6.45, 7) is 10.5. The lowest BCUT2D eigenvalue weighted by molar-refractivity contribution is -0.158. The van der Waals surface area contributed by atoms with Crippen molar-refractivity contribution in [2.24, 2.45) is 16.7 Å². The molecule has 1 heterocycles. The Morgan fingerprint density at radius 3 is 2.87 bits per heavy atom. The molecule has 2 nitrogen and oxygen atoms in total. The Kier molecular flexibility index (Phi) is 2.01. The third-order valence-electron chi connectivity index (χ3n) is 5.77. The van der Waals surface area contributed by atoms with Crippen LogP contribution in [0.25, 0.3) is 0 Å².